The van der Waals surface area contributed by atoms with Gasteiger partial charge < -0.3 is 9.84 Å². The van der Waals surface area contributed by atoms with E-state index < -0.39 is 0 Å². The van der Waals surface area contributed by atoms with E-state index in [2.05, 4.69) is 11.8 Å². The lowest BCUT2D eigenvalue weighted by atomic mass is 10.1. The molecular weight excluding hydrogens is 154 g/mol. The van der Waals surface area contributed by atoms with E-state index in [4.69, 9.17) is 9.84 Å². The Morgan fingerprint density at radius 1 is 1.42 bits per heavy atom. The van der Waals surface area contributed by atoms with Gasteiger partial charge in [-0.3, -0.25) is 4.90 Å². The molecule has 0 spiro atoms. The van der Waals surface area contributed by atoms with Crippen LogP contribution in [-0.2, 0) is 4.74 Å². The molecule has 0 radical (unpaired) electrons. The maximum Gasteiger partial charge on any atom is 0.0594 e. The van der Waals surface area contributed by atoms with Crippen molar-refractivity contribution in [1.82, 2.24) is 4.90 Å². The predicted octanol–water partition coefficient (Wildman–Crippen LogP) is 0.480. The minimum absolute atomic E-state index is 0.314. The van der Waals surface area contributed by atoms with Gasteiger partial charge in [-0.15, -0.1) is 0 Å². The molecule has 3 heteroatoms. The quantitative estimate of drug-likeness (QED) is 0.671. The highest BCUT2D eigenvalue weighted by atomic mass is 16.5. The molecule has 1 fully saturated rings. The fourth-order valence-electron chi connectivity index (χ4n) is 1.59. The lowest BCUT2D eigenvalue weighted by molar-refractivity contribution is 0.0175. The third-order valence-electron chi connectivity index (χ3n) is 2.45. The zero-order valence-corrected chi connectivity index (χ0v) is 7.83. The summed E-state index contributed by atoms with van der Waals surface area (Å²) in [6.45, 7) is 6.36. The van der Waals surface area contributed by atoms with Gasteiger partial charge in [0.05, 0.1) is 13.2 Å². The van der Waals surface area contributed by atoms with Gasteiger partial charge in [-0.05, 0) is 19.8 Å². The number of ether oxygens (including phenoxy) is 1. The maximum atomic E-state index is 8.67. The van der Waals surface area contributed by atoms with Gasteiger partial charge >= 0.3 is 0 Å². The molecule has 1 atom stereocenters. The number of aliphatic hydroxyl groups is 1. The van der Waals surface area contributed by atoms with Crippen LogP contribution < -0.4 is 0 Å². The SMILES string of the molecule is C[C@H](CCCO)N1CCOCC1. The number of hydrogen-bond acceptors (Lipinski definition) is 3. The molecule has 1 rings (SSSR count). The number of hydrogen-bond donors (Lipinski definition) is 1. The van der Waals surface area contributed by atoms with E-state index in [1.54, 1.807) is 0 Å². The van der Waals surface area contributed by atoms with Crippen molar-refractivity contribution in [2.75, 3.05) is 32.9 Å². The highest BCUT2D eigenvalue weighted by molar-refractivity contribution is 4.69. The summed E-state index contributed by atoms with van der Waals surface area (Å²) in [5, 5.41) is 8.67. The molecular formula is C9H19NO2. The Labute approximate surface area is 74.3 Å². The van der Waals surface area contributed by atoms with Gasteiger partial charge in [0.25, 0.3) is 0 Å². The minimum Gasteiger partial charge on any atom is -0.396 e. The Kier molecular flexibility index (Phi) is 4.58. The molecule has 0 unspecified atom stereocenters. The molecule has 0 aromatic rings. The molecule has 0 aromatic carbocycles. The first-order chi connectivity index (χ1) is 5.84. The summed E-state index contributed by atoms with van der Waals surface area (Å²) in [4.78, 5) is 2.43. The van der Waals surface area contributed by atoms with Crippen LogP contribution in [0, 0.1) is 0 Å². The molecule has 1 N–H and O–H groups in total. The molecule has 0 aromatic heterocycles. The van der Waals surface area contributed by atoms with Crippen LogP contribution in [0.1, 0.15) is 19.8 Å². The first kappa shape index (κ1) is 9.96. The van der Waals surface area contributed by atoms with Gasteiger partial charge in [0.1, 0.15) is 0 Å². The number of nitrogens with zero attached hydrogens (tertiary/aromatic N) is 1. The van der Waals surface area contributed by atoms with Crippen LogP contribution in [0.25, 0.3) is 0 Å². The molecule has 3 nitrogen and oxygen atoms in total. The Morgan fingerprint density at radius 3 is 2.67 bits per heavy atom. The third kappa shape index (κ3) is 3.09. The van der Waals surface area contributed by atoms with E-state index in [-0.39, 0.29) is 0 Å². The molecule has 1 heterocycles. The van der Waals surface area contributed by atoms with Gasteiger partial charge in [0.2, 0.25) is 0 Å². The zero-order chi connectivity index (χ0) is 8.81. The summed E-state index contributed by atoms with van der Waals surface area (Å²) in [7, 11) is 0. The van der Waals surface area contributed by atoms with Gasteiger partial charge in [-0.25, -0.2) is 0 Å². The van der Waals surface area contributed by atoms with E-state index in [9.17, 15) is 0 Å². The van der Waals surface area contributed by atoms with Crippen LogP contribution in [0.3, 0.4) is 0 Å². The average Bonchev–Trinajstić information content (AvgIpc) is 2.15. The first-order valence-corrected chi connectivity index (χ1v) is 4.77. The molecule has 0 saturated carbocycles. The first-order valence-electron chi connectivity index (χ1n) is 4.77. The summed E-state index contributed by atoms with van der Waals surface area (Å²) in [6.07, 6.45) is 2.01. The predicted molar refractivity (Wildman–Crippen MR) is 48.2 cm³/mol. The average molecular weight is 173 g/mol. The van der Waals surface area contributed by atoms with Crippen molar-refractivity contribution >= 4 is 0 Å². The van der Waals surface area contributed by atoms with Crippen molar-refractivity contribution in [2.45, 2.75) is 25.8 Å². The van der Waals surface area contributed by atoms with Gasteiger partial charge in [-0.1, -0.05) is 0 Å². The largest absolute Gasteiger partial charge is 0.396 e. The van der Waals surface area contributed by atoms with Crippen LogP contribution in [0.4, 0.5) is 0 Å². The highest BCUT2D eigenvalue weighted by Crippen LogP contribution is 2.08. The molecule has 1 aliphatic rings. The second kappa shape index (κ2) is 5.51. The van der Waals surface area contributed by atoms with Crippen LogP contribution in [0.5, 0.6) is 0 Å². The molecule has 1 aliphatic heterocycles. The molecule has 12 heavy (non-hydrogen) atoms. The van der Waals surface area contributed by atoms with Crippen molar-refractivity contribution in [3.8, 4) is 0 Å². The topological polar surface area (TPSA) is 32.7 Å². The Balaban J connectivity index is 2.15. The van der Waals surface area contributed by atoms with Gasteiger partial charge in [0.15, 0.2) is 0 Å². The lowest BCUT2D eigenvalue weighted by Crippen LogP contribution is -2.42. The van der Waals surface area contributed by atoms with Crippen molar-refractivity contribution in [2.24, 2.45) is 0 Å². The second-order valence-electron chi connectivity index (χ2n) is 3.36. The molecule has 0 amide bonds. The number of aliphatic hydroxyl groups excluding tert-OH is 1. The molecule has 72 valence electrons. The van der Waals surface area contributed by atoms with Crippen LogP contribution in [-0.4, -0.2) is 49.0 Å². The van der Waals surface area contributed by atoms with Crippen molar-refractivity contribution in [3.05, 3.63) is 0 Å². The fraction of sp³-hybridized carbons (Fsp3) is 1.00. The van der Waals surface area contributed by atoms with Crippen LogP contribution >= 0.6 is 0 Å². The molecule has 0 aliphatic carbocycles. The number of rotatable bonds is 4. The van der Waals surface area contributed by atoms with E-state index in [1.807, 2.05) is 0 Å². The lowest BCUT2D eigenvalue weighted by Gasteiger charge is -2.32. The van der Waals surface area contributed by atoms with E-state index >= 15 is 0 Å². The van der Waals surface area contributed by atoms with Gasteiger partial charge in [0, 0.05) is 25.7 Å². The van der Waals surface area contributed by atoms with Crippen LogP contribution in [0.15, 0.2) is 0 Å². The Hall–Kier alpha value is -0.120. The minimum atomic E-state index is 0.314. The summed E-state index contributed by atoms with van der Waals surface area (Å²) < 4.78 is 5.26. The third-order valence-corrected chi connectivity index (χ3v) is 2.45. The van der Waals surface area contributed by atoms with Crippen molar-refractivity contribution in [3.63, 3.8) is 0 Å². The summed E-state index contributed by atoms with van der Waals surface area (Å²) in [6, 6.07) is 0.598. The maximum absolute atomic E-state index is 8.67. The second-order valence-corrected chi connectivity index (χ2v) is 3.36. The van der Waals surface area contributed by atoms with E-state index in [0.29, 0.717) is 12.6 Å². The van der Waals surface area contributed by atoms with Crippen molar-refractivity contribution in [1.29, 1.82) is 0 Å². The van der Waals surface area contributed by atoms with E-state index in [0.717, 1.165) is 39.1 Å². The standard InChI is InChI=1S/C9H19NO2/c1-9(3-2-6-11)10-4-7-12-8-5-10/h9,11H,2-8H2,1H3/t9-/m1/s1. The van der Waals surface area contributed by atoms with Crippen molar-refractivity contribution < 1.29 is 9.84 Å². The summed E-state index contributed by atoms with van der Waals surface area (Å²) >= 11 is 0. The Bertz CT molecular complexity index is 113. The van der Waals surface area contributed by atoms with E-state index in [1.165, 1.54) is 0 Å². The summed E-state index contributed by atoms with van der Waals surface area (Å²) in [5.74, 6) is 0. The number of morpholine rings is 1. The molecule has 1 saturated heterocycles. The van der Waals surface area contributed by atoms with Crippen LogP contribution in [0.2, 0.25) is 0 Å². The molecule has 0 bridgehead atoms. The fourth-order valence-corrected chi connectivity index (χ4v) is 1.59. The smallest absolute Gasteiger partial charge is 0.0594 e. The van der Waals surface area contributed by atoms with Gasteiger partial charge in [-0.2, -0.15) is 0 Å². The Morgan fingerprint density at radius 2 is 2.08 bits per heavy atom. The monoisotopic (exact) mass is 173 g/mol. The summed E-state index contributed by atoms with van der Waals surface area (Å²) in [5.41, 5.74) is 0. The normalized spacial score (nSPS) is 22.5. The highest BCUT2D eigenvalue weighted by Gasteiger charge is 2.15. The zero-order valence-electron chi connectivity index (χ0n) is 7.83.